The zero-order valence-corrected chi connectivity index (χ0v) is 10.2. The number of hydrogen-bond donors (Lipinski definition) is 1. The number of ether oxygens (including phenoxy) is 1. The van der Waals surface area contributed by atoms with Crippen molar-refractivity contribution in [3.8, 4) is 0 Å². The van der Waals surface area contributed by atoms with Gasteiger partial charge in [-0.15, -0.1) is 0 Å². The van der Waals surface area contributed by atoms with Crippen LogP contribution < -0.4 is 5.73 Å². The van der Waals surface area contributed by atoms with E-state index in [1.54, 1.807) is 12.1 Å². The van der Waals surface area contributed by atoms with Gasteiger partial charge in [-0.2, -0.15) is 0 Å². The van der Waals surface area contributed by atoms with Crippen LogP contribution in [0.1, 0.15) is 30.4 Å². The third-order valence-corrected chi connectivity index (χ3v) is 2.68. The highest BCUT2D eigenvalue weighted by Gasteiger charge is 2.10. The average molecular weight is 257 g/mol. The molecule has 0 aliphatic heterocycles. The zero-order valence-electron chi connectivity index (χ0n) is 10.2. The van der Waals surface area contributed by atoms with Gasteiger partial charge in [0.15, 0.2) is 0 Å². The molecule has 0 saturated carbocycles. The van der Waals surface area contributed by atoms with Gasteiger partial charge in [0.25, 0.3) is 6.43 Å². The summed E-state index contributed by atoms with van der Waals surface area (Å²) < 4.78 is 29.2. The Hall–Kier alpha value is -1.49. The molecule has 3 nitrogen and oxygen atoms in total. The fourth-order valence-electron chi connectivity index (χ4n) is 1.61. The molecule has 1 aromatic carbocycles. The molecule has 0 aliphatic rings. The molecule has 0 amide bonds. The Morgan fingerprint density at radius 3 is 2.44 bits per heavy atom. The molecule has 1 aromatic rings. The Morgan fingerprint density at radius 1 is 1.33 bits per heavy atom. The number of carbonyl (C=O) groups excluding carboxylic acids is 1. The first-order valence-electron chi connectivity index (χ1n) is 5.72. The van der Waals surface area contributed by atoms with Crippen molar-refractivity contribution in [1.29, 1.82) is 0 Å². The fourth-order valence-corrected chi connectivity index (χ4v) is 1.61. The summed E-state index contributed by atoms with van der Waals surface area (Å²) in [6.07, 6.45) is -1.11. The maximum atomic E-state index is 12.3. The highest BCUT2D eigenvalue weighted by Crippen LogP contribution is 2.19. The van der Waals surface area contributed by atoms with Gasteiger partial charge in [-0.1, -0.05) is 24.3 Å². The summed E-state index contributed by atoms with van der Waals surface area (Å²) in [5, 5.41) is 0. The maximum absolute atomic E-state index is 12.3. The molecule has 0 spiro atoms. The minimum Gasteiger partial charge on any atom is -0.469 e. The molecule has 1 atom stereocenters. The summed E-state index contributed by atoms with van der Waals surface area (Å²) in [7, 11) is 1.33. The molecule has 2 N–H and O–H groups in total. The smallest absolute Gasteiger partial charge is 0.305 e. The Bertz CT molecular complexity index is 379. The number of benzene rings is 1. The van der Waals surface area contributed by atoms with Crippen molar-refractivity contribution in [2.75, 3.05) is 7.11 Å². The zero-order chi connectivity index (χ0) is 13.5. The third-order valence-electron chi connectivity index (χ3n) is 2.68. The quantitative estimate of drug-likeness (QED) is 0.796. The van der Waals surface area contributed by atoms with Crippen LogP contribution in [-0.4, -0.2) is 19.1 Å². The first kappa shape index (κ1) is 14.6. The maximum Gasteiger partial charge on any atom is 0.305 e. The number of nitrogens with two attached hydrogens (primary N) is 1. The van der Waals surface area contributed by atoms with Gasteiger partial charge in [0.05, 0.1) is 7.11 Å². The van der Waals surface area contributed by atoms with Crippen LogP contribution in [0.5, 0.6) is 0 Å². The molecule has 0 fully saturated rings. The lowest BCUT2D eigenvalue weighted by Gasteiger charge is -2.11. The Balaban J connectivity index is 2.44. The number of rotatable bonds is 6. The lowest BCUT2D eigenvalue weighted by molar-refractivity contribution is -0.140. The predicted octanol–water partition coefficient (Wildman–Crippen LogP) is 2.45. The fraction of sp³-hybridized carbons (Fsp3) is 0.462. The van der Waals surface area contributed by atoms with Gasteiger partial charge in [0.1, 0.15) is 0 Å². The van der Waals surface area contributed by atoms with Crippen molar-refractivity contribution >= 4 is 5.97 Å². The van der Waals surface area contributed by atoms with Gasteiger partial charge in [-0.05, 0) is 18.4 Å². The number of hydrogen-bond acceptors (Lipinski definition) is 3. The second kappa shape index (κ2) is 7.06. The molecule has 0 saturated heterocycles. The minimum atomic E-state index is -2.45. The summed E-state index contributed by atoms with van der Waals surface area (Å²) in [6, 6.07) is 5.89. The summed E-state index contributed by atoms with van der Waals surface area (Å²) in [5.74, 6) is -0.293. The molecular weight excluding hydrogens is 240 g/mol. The van der Waals surface area contributed by atoms with E-state index in [-0.39, 0.29) is 24.0 Å². The van der Waals surface area contributed by atoms with E-state index >= 15 is 0 Å². The molecule has 18 heavy (non-hydrogen) atoms. The van der Waals surface area contributed by atoms with E-state index < -0.39 is 6.43 Å². The van der Waals surface area contributed by atoms with E-state index in [0.717, 1.165) is 5.56 Å². The van der Waals surface area contributed by atoms with Gasteiger partial charge < -0.3 is 10.5 Å². The normalized spacial score (nSPS) is 12.5. The van der Waals surface area contributed by atoms with E-state index in [4.69, 9.17) is 5.73 Å². The SMILES string of the molecule is COC(=O)CCC(N)Cc1ccc(C(F)F)cc1. The van der Waals surface area contributed by atoms with Gasteiger partial charge in [-0.3, -0.25) is 4.79 Å². The van der Waals surface area contributed by atoms with Crippen molar-refractivity contribution < 1.29 is 18.3 Å². The number of alkyl halides is 2. The Morgan fingerprint density at radius 2 is 1.94 bits per heavy atom. The summed E-state index contributed by atoms with van der Waals surface area (Å²) in [4.78, 5) is 10.9. The largest absolute Gasteiger partial charge is 0.469 e. The first-order valence-corrected chi connectivity index (χ1v) is 5.72. The molecule has 100 valence electrons. The second-order valence-corrected chi connectivity index (χ2v) is 4.12. The summed E-state index contributed by atoms with van der Waals surface area (Å²) in [5.41, 5.74) is 6.74. The van der Waals surface area contributed by atoms with Crippen molar-refractivity contribution in [1.82, 2.24) is 0 Å². The Labute approximate surface area is 105 Å². The standard InChI is InChI=1S/C13H17F2NO2/c1-18-12(17)7-6-11(16)8-9-2-4-10(5-3-9)13(14)15/h2-5,11,13H,6-8,16H2,1H3. The van der Waals surface area contributed by atoms with E-state index in [1.165, 1.54) is 19.2 Å². The van der Waals surface area contributed by atoms with Crippen LogP contribution in [0.3, 0.4) is 0 Å². The monoisotopic (exact) mass is 257 g/mol. The van der Waals surface area contributed by atoms with Crippen LogP contribution in [-0.2, 0) is 16.0 Å². The molecule has 1 unspecified atom stereocenters. The number of methoxy groups -OCH3 is 1. The average Bonchev–Trinajstić information content (AvgIpc) is 2.36. The van der Waals surface area contributed by atoms with Gasteiger partial charge >= 0.3 is 5.97 Å². The van der Waals surface area contributed by atoms with Crippen LogP contribution in [0.15, 0.2) is 24.3 Å². The first-order chi connectivity index (χ1) is 8.52. The van der Waals surface area contributed by atoms with E-state index in [9.17, 15) is 13.6 Å². The van der Waals surface area contributed by atoms with Gasteiger partial charge in [0.2, 0.25) is 0 Å². The number of carbonyl (C=O) groups is 1. The predicted molar refractivity (Wildman–Crippen MR) is 64.3 cm³/mol. The third kappa shape index (κ3) is 4.79. The topological polar surface area (TPSA) is 52.3 Å². The highest BCUT2D eigenvalue weighted by molar-refractivity contribution is 5.69. The Kier molecular flexibility index (Phi) is 5.71. The lowest BCUT2D eigenvalue weighted by Crippen LogP contribution is -2.24. The van der Waals surface area contributed by atoms with E-state index in [2.05, 4.69) is 4.74 Å². The van der Waals surface area contributed by atoms with E-state index in [1.807, 2.05) is 0 Å². The molecule has 1 rings (SSSR count). The van der Waals surface area contributed by atoms with E-state index in [0.29, 0.717) is 12.8 Å². The van der Waals surface area contributed by atoms with Crippen molar-refractivity contribution in [2.45, 2.75) is 31.7 Å². The lowest BCUT2D eigenvalue weighted by atomic mass is 10.0. The van der Waals surface area contributed by atoms with Crippen LogP contribution in [0.25, 0.3) is 0 Å². The van der Waals surface area contributed by atoms with Crippen LogP contribution in [0.4, 0.5) is 8.78 Å². The van der Waals surface area contributed by atoms with Gasteiger partial charge in [0, 0.05) is 18.0 Å². The minimum absolute atomic E-state index is 0.00174. The second-order valence-electron chi connectivity index (χ2n) is 4.12. The highest BCUT2D eigenvalue weighted by atomic mass is 19.3. The van der Waals surface area contributed by atoms with Crippen molar-refractivity contribution in [3.05, 3.63) is 35.4 Å². The molecule has 0 radical (unpaired) electrons. The van der Waals surface area contributed by atoms with Gasteiger partial charge in [-0.25, -0.2) is 8.78 Å². The number of esters is 1. The summed E-state index contributed by atoms with van der Waals surface area (Å²) in [6.45, 7) is 0. The molecule has 0 aliphatic carbocycles. The molecular formula is C13H17F2NO2. The summed E-state index contributed by atoms with van der Waals surface area (Å²) >= 11 is 0. The van der Waals surface area contributed by atoms with Crippen molar-refractivity contribution in [2.24, 2.45) is 5.73 Å². The number of halogens is 2. The molecule has 5 heteroatoms. The van der Waals surface area contributed by atoms with Crippen LogP contribution >= 0.6 is 0 Å². The molecule has 0 heterocycles. The molecule has 0 bridgehead atoms. The van der Waals surface area contributed by atoms with Crippen LogP contribution in [0, 0.1) is 0 Å². The van der Waals surface area contributed by atoms with Crippen LogP contribution in [0.2, 0.25) is 0 Å². The van der Waals surface area contributed by atoms with Crippen molar-refractivity contribution in [3.63, 3.8) is 0 Å². The molecule has 0 aromatic heterocycles.